The highest BCUT2D eigenvalue weighted by atomic mass is 79.9. The molecule has 2 aromatic heterocycles. The lowest BCUT2D eigenvalue weighted by atomic mass is 10.00. The van der Waals surface area contributed by atoms with Crippen LogP contribution in [-0.2, 0) is 0 Å². The van der Waals surface area contributed by atoms with Gasteiger partial charge in [-0.2, -0.15) is 0 Å². The van der Waals surface area contributed by atoms with E-state index in [2.05, 4.69) is 63.6 Å². The van der Waals surface area contributed by atoms with Gasteiger partial charge in [-0.3, -0.25) is 0 Å². The fourth-order valence-corrected chi connectivity index (χ4v) is 7.77. The van der Waals surface area contributed by atoms with E-state index in [1.54, 1.807) is 7.11 Å². The first-order valence-electron chi connectivity index (χ1n) is 9.62. The van der Waals surface area contributed by atoms with Gasteiger partial charge in [0, 0.05) is 16.3 Å². The van der Waals surface area contributed by atoms with Gasteiger partial charge in [-0.1, -0.05) is 62.1 Å². The van der Waals surface area contributed by atoms with Crippen LogP contribution in [0.3, 0.4) is 0 Å². The number of ether oxygens (including phenoxy) is 1. The van der Waals surface area contributed by atoms with Crippen molar-refractivity contribution in [3.8, 4) is 39.5 Å². The van der Waals surface area contributed by atoms with Gasteiger partial charge in [0.15, 0.2) is 9.34 Å². The minimum absolute atomic E-state index is 0.682. The maximum atomic E-state index is 6.31. The molecule has 2 heterocycles. The summed E-state index contributed by atoms with van der Waals surface area (Å²) in [6.45, 7) is 6.93. The van der Waals surface area contributed by atoms with Gasteiger partial charge in [0.05, 0.1) is 20.7 Å². The highest BCUT2D eigenvalue weighted by molar-refractivity contribution is 9.10. The monoisotopic (exact) mass is 544 g/mol. The Hall–Kier alpha value is -2.02. The fourth-order valence-electron chi connectivity index (χ4n) is 3.61. The molecule has 0 N–H and O–H groups in total. The Bertz CT molecular complexity index is 1170. The highest BCUT2D eigenvalue weighted by Gasteiger charge is 2.33. The molecular weight excluding hydrogens is 524 g/mol. The maximum Gasteiger partial charge on any atom is 0.170 e. The number of halogens is 2. The van der Waals surface area contributed by atoms with Gasteiger partial charge in [0.25, 0.3) is 0 Å². The van der Waals surface area contributed by atoms with E-state index in [1.807, 2.05) is 48.5 Å². The van der Waals surface area contributed by atoms with Gasteiger partial charge in [0.1, 0.15) is 17.3 Å². The van der Waals surface area contributed by atoms with Gasteiger partial charge in [0.2, 0.25) is 0 Å². The molecule has 0 bridgehead atoms. The first-order chi connectivity index (χ1) is 14.3. The second-order valence-electron chi connectivity index (χ2n) is 8.09. The molecule has 6 heteroatoms. The Labute approximate surface area is 194 Å². The Balaban J connectivity index is 2.01. The standard InChI is InChI=1S/C24H22Br2O3Si/c1-27-17-12-10-15(11-13-17)18-14-19(25)28-22(18)20-21(16-8-6-5-7-9-16)29-24(26)23(20)30(2,3)4/h5-14H,1-4H3. The van der Waals surface area contributed by atoms with Crippen molar-refractivity contribution in [3.05, 3.63) is 70.0 Å². The summed E-state index contributed by atoms with van der Waals surface area (Å²) in [5.41, 5.74) is 4.10. The lowest BCUT2D eigenvalue weighted by Crippen LogP contribution is -2.38. The number of methoxy groups -OCH3 is 1. The molecule has 4 rings (SSSR count). The maximum absolute atomic E-state index is 6.31. The van der Waals surface area contributed by atoms with Gasteiger partial charge < -0.3 is 13.6 Å². The molecule has 154 valence electrons. The number of hydrogen-bond acceptors (Lipinski definition) is 3. The molecule has 0 aliphatic heterocycles. The largest absolute Gasteiger partial charge is 0.497 e. The van der Waals surface area contributed by atoms with Crippen LogP contribution < -0.4 is 9.92 Å². The topological polar surface area (TPSA) is 35.5 Å². The van der Waals surface area contributed by atoms with Crippen molar-refractivity contribution in [2.24, 2.45) is 0 Å². The summed E-state index contributed by atoms with van der Waals surface area (Å²) < 4.78 is 19.3. The van der Waals surface area contributed by atoms with Crippen LogP contribution in [0, 0.1) is 0 Å². The minimum Gasteiger partial charge on any atom is -0.497 e. The molecule has 4 aromatic rings. The van der Waals surface area contributed by atoms with E-state index in [4.69, 9.17) is 13.6 Å². The smallest absolute Gasteiger partial charge is 0.170 e. The molecule has 0 unspecified atom stereocenters. The third kappa shape index (κ3) is 3.96. The molecule has 0 aliphatic carbocycles. The van der Waals surface area contributed by atoms with Crippen molar-refractivity contribution in [3.63, 3.8) is 0 Å². The van der Waals surface area contributed by atoms with Crippen LogP contribution in [-0.4, -0.2) is 15.2 Å². The zero-order chi connectivity index (χ0) is 21.5. The van der Waals surface area contributed by atoms with Crippen LogP contribution >= 0.6 is 31.9 Å². The molecule has 0 fully saturated rings. The van der Waals surface area contributed by atoms with Crippen LogP contribution in [0.15, 0.2) is 78.8 Å². The zero-order valence-electron chi connectivity index (χ0n) is 17.3. The summed E-state index contributed by atoms with van der Waals surface area (Å²) in [6.07, 6.45) is 0. The zero-order valence-corrected chi connectivity index (χ0v) is 21.4. The van der Waals surface area contributed by atoms with E-state index in [0.717, 1.165) is 44.2 Å². The van der Waals surface area contributed by atoms with Crippen molar-refractivity contribution in [1.29, 1.82) is 0 Å². The average Bonchev–Trinajstić information content (AvgIpc) is 3.28. The molecule has 0 atom stereocenters. The summed E-state index contributed by atoms with van der Waals surface area (Å²) >= 11 is 7.25. The normalized spacial score (nSPS) is 11.7. The highest BCUT2D eigenvalue weighted by Crippen LogP contribution is 2.44. The molecule has 0 saturated carbocycles. The van der Waals surface area contributed by atoms with E-state index in [1.165, 1.54) is 5.19 Å². The van der Waals surface area contributed by atoms with Gasteiger partial charge >= 0.3 is 0 Å². The van der Waals surface area contributed by atoms with Crippen molar-refractivity contribution in [2.45, 2.75) is 19.6 Å². The first kappa shape index (κ1) is 21.2. The second-order valence-corrected chi connectivity index (χ2v) is 14.6. The number of furan rings is 2. The van der Waals surface area contributed by atoms with Crippen molar-refractivity contribution in [1.82, 2.24) is 0 Å². The fraction of sp³-hybridized carbons (Fsp3) is 0.167. The SMILES string of the molecule is COc1ccc(-c2cc(Br)oc2-c2c(-c3ccccc3)oc(Br)c2[Si](C)(C)C)cc1. The van der Waals surface area contributed by atoms with Crippen molar-refractivity contribution >= 4 is 45.1 Å². The van der Waals surface area contributed by atoms with E-state index in [0.29, 0.717) is 4.67 Å². The van der Waals surface area contributed by atoms with Crippen LogP contribution in [0.5, 0.6) is 5.75 Å². The third-order valence-corrected chi connectivity index (χ3v) is 8.27. The van der Waals surface area contributed by atoms with Gasteiger partial charge in [-0.05, 0) is 55.6 Å². The van der Waals surface area contributed by atoms with E-state index in [-0.39, 0.29) is 0 Å². The Morgan fingerprint density at radius 1 is 0.800 bits per heavy atom. The third-order valence-electron chi connectivity index (χ3n) is 4.98. The summed E-state index contributed by atoms with van der Waals surface area (Å²) in [5, 5.41) is 1.21. The molecular formula is C24H22Br2O3Si. The molecule has 3 nitrogen and oxygen atoms in total. The molecule has 30 heavy (non-hydrogen) atoms. The van der Waals surface area contributed by atoms with Crippen LogP contribution in [0.1, 0.15) is 0 Å². The van der Waals surface area contributed by atoms with Crippen LogP contribution in [0.25, 0.3) is 33.8 Å². The Kier molecular flexibility index (Phi) is 5.83. The Morgan fingerprint density at radius 2 is 1.47 bits per heavy atom. The average molecular weight is 546 g/mol. The Morgan fingerprint density at radius 3 is 2.07 bits per heavy atom. The quantitative estimate of drug-likeness (QED) is 0.239. The molecule has 0 radical (unpaired) electrons. The van der Waals surface area contributed by atoms with E-state index in [9.17, 15) is 0 Å². The summed E-state index contributed by atoms with van der Waals surface area (Å²) in [6, 6.07) is 20.2. The predicted molar refractivity (Wildman–Crippen MR) is 132 cm³/mol. The molecule has 0 spiro atoms. The lowest BCUT2D eigenvalue weighted by molar-refractivity contribution is 0.415. The van der Waals surface area contributed by atoms with E-state index < -0.39 is 8.07 Å². The number of hydrogen-bond donors (Lipinski definition) is 0. The molecule has 0 saturated heterocycles. The van der Waals surface area contributed by atoms with Crippen LogP contribution in [0.4, 0.5) is 0 Å². The van der Waals surface area contributed by atoms with Crippen LogP contribution in [0.2, 0.25) is 19.6 Å². The minimum atomic E-state index is -1.78. The molecule has 2 aromatic carbocycles. The van der Waals surface area contributed by atoms with E-state index >= 15 is 0 Å². The van der Waals surface area contributed by atoms with Gasteiger partial charge in [-0.25, -0.2) is 0 Å². The summed E-state index contributed by atoms with van der Waals surface area (Å²) in [5.74, 6) is 2.44. The number of benzene rings is 2. The lowest BCUT2D eigenvalue weighted by Gasteiger charge is -2.17. The predicted octanol–water partition coefficient (Wildman–Crippen LogP) is 7.95. The first-order valence-corrected chi connectivity index (χ1v) is 14.7. The van der Waals surface area contributed by atoms with Crippen molar-refractivity contribution < 1.29 is 13.6 Å². The second kappa shape index (κ2) is 8.25. The molecule has 0 aliphatic rings. The summed E-state index contributed by atoms with van der Waals surface area (Å²) in [7, 11) is -0.112. The van der Waals surface area contributed by atoms with Crippen molar-refractivity contribution in [2.75, 3.05) is 7.11 Å². The summed E-state index contributed by atoms with van der Waals surface area (Å²) in [4.78, 5) is 0. The van der Waals surface area contributed by atoms with Gasteiger partial charge in [-0.15, -0.1) is 0 Å². The molecule has 0 amide bonds. The number of rotatable bonds is 5.